The molecule has 0 saturated carbocycles. The van der Waals surface area contributed by atoms with E-state index in [1.165, 1.54) is 6.07 Å². The minimum Gasteiger partial charge on any atom is -0.380 e. The monoisotopic (exact) mass is 333 g/mol. The van der Waals surface area contributed by atoms with Crippen LogP contribution < -0.4 is 5.73 Å². The second-order valence-corrected chi connectivity index (χ2v) is 4.94. The number of nitrogens with zero attached hydrogens (tertiary/aromatic N) is 2. The van der Waals surface area contributed by atoms with E-state index >= 15 is 0 Å². The van der Waals surface area contributed by atoms with E-state index in [1.807, 2.05) is 6.07 Å². The first-order chi connectivity index (χ1) is 9.68. The Hall–Kier alpha value is -2.21. The average Bonchev–Trinajstić information content (AvgIpc) is 2.81. The number of anilines is 1. The quantitative estimate of drug-likeness (QED) is 0.772. The summed E-state index contributed by atoms with van der Waals surface area (Å²) in [5, 5.41) is 3.73. The first kappa shape index (κ1) is 12.8. The summed E-state index contributed by atoms with van der Waals surface area (Å²) in [7, 11) is 0. The van der Waals surface area contributed by atoms with Crippen LogP contribution in [0.4, 0.5) is 10.2 Å². The molecule has 0 aliphatic rings. The highest BCUT2D eigenvalue weighted by Crippen LogP contribution is 2.39. The number of rotatable bonds is 2. The molecular formula is C14H9BrFN3O. The van der Waals surface area contributed by atoms with Gasteiger partial charge in [0.15, 0.2) is 11.6 Å². The van der Waals surface area contributed by atoms with E-state index in [0.717, 1.165) is 0 Å². The van der Waals surface area contributed by atoms with Crippen LogP contribution in [0, 0.1) is 5.82 Å². The molecule has 4 nitrogen and oxygen atoms in total. The third-order valence-corrected chi connectivity index (χ3v) is 3.49. The molecule has 0 radical (unpaired) electrons. The molecule has 0 saturated heterocycles. The van der Waals surface area contributed by atoms with Gasteiger partial charge in [-0.3, -0.25) is 4.98 Å². The van der Waals surface area contributed by atoms with Gasteiger partial charge in [0, 0.05) is 10.7 Å². The topological polar surface area (TPSA) is 64.9 Å². The third-order valence-electron chi connectivity index (χ3n) is 2.83. The Morgan fingerprint density at radius 1 is 1.10 bits per heavy atom. The highest BCUT2D eigenvalue weighted by molar-refractivity contribution is 9.10. The van der Waals surface area contributed by atoms with E-state index < -0.39 is 5.82 Å². The van der Waals surface area contributed by atoms with Crippen LogP contribution in [0.25, 0.3) is 22.6 Å². The second kappa shape index (κ2) is 5.05. The summed E-state index contributed by atoms with van der Waals surface area (Å²) in [5.41, 5.74) is 7.17. The molecule has 20 heavy (non-hydrogen) atoms. The largest absolute Gasteiger partial charge is 0.380 e. The van der Waals surface area contributed by atoms with Gasteiger partial charge in [-0.15, -0.1) is 0 Å². The first-order valence-electron chi connectivity index (χ1n) is 5.79. The molecule has 0 fully saturated rings. The molecule has 100 valence electrons. The third kappa shape index (κ3) is 2.08. The van der Waals surface area contributed by atoms with Crippen molar-refractivity contribution >= 4 is 21.7 Å². The average molecular weight is 334 g/mol. The van der Waals surface area contributed by atoms with Crippen molar-refractivity contribution in [2.75, 3.05) is 5.73 Å². The van der Waals surface area contributed by atoms with Crippen LogP contribution in [0.3, 0.4) is 0 Å². The maximum absolute atomic E-state index is 14.1. The van der Waals surface area contributed by atoms with Gasteiger partial charge in [0.25, 0.3) is 0 Å². The van der Waals surface area contributed by atoms with Crippen LogP contribution in [0.5, 0.6) is 0 Å². The van der Waals surface area contributed by atoms with E-state index in [2.05, 4.69) is 26.1 Å². The summed E-state index contributed by atoms with van der Waals surface area (Å²) in [4.78, 5) is 4.21. The Morgan fingerprint density at radius 2 is 1.95 bits per heavy atom. The van der Waals surface area contributed by atoms with Crippen LogP contribution in [0.2, 0.25) is 0 Å². The number of pyridine rings is 1. The summed E-state index contributed by atoms with van der Waals surface area (Å²) in [5.74, 6) is 0.00716. The van der Waals surface area contributed by atoms with E-state index in [9.17, 15) is 4.39 Å². The molecule has 2 N–H and O–H groups in total. The van der Waals surface area contributed by atoms with E-state index in [4.69, 9.17) is 10.3 Å². The molecule has 0 aliphatic heterocycles. The summed E-state index contributed by atoms with van der Waals surface area (Å²) >= 11 is 3.31. The molecule has 0 spiro atoms. The van der Waals surface area contributed by atoms with Gasteiger partial charge in [0.2, 0.25) is 0 Å². The van der Waals surface area contributed by atoms with Crippen molar-refractivity contribution in [1.82, 2.24) is 10.1 Å². The molecule has 3 aromatic rings. The fraction of sp³-hybridized carbons (Fsp3) is 0. The molecule has 2 aromatic heterocycles. The van der Waals surface area contributed by atoms with Crippen LogP contribution >= 0.6 is 15.9 Å². The van der Waals surface area contributed by atoms with Crippen LogP contribution in [-0.2, 0) is 0 Å². The number of hydrogen-bond donors (Lipinski definition) is 1. The lowest BCUT2D eigenvalue weighted by atomic mass is 10.1. The lowest BCUT2D eigenvalue weighted by Gasteiger charge is -2.05. The lowest BCUT2D eigenvalue weighted by Crippen LogP contribution is -1.92. The van der Waals surface area contributed by atoms with Crippen molar-refractivity contribution in [2.45, 2.75) is 0 Å². The fourth-order valence-electron chi connectivity index (χ4n) is 1.95. The Morgan fingerprint density at radius 3 is 2.65 bits per heavy atom. The molecule has 0 atom stereocenters. The molecule has 0 aliphatic carbocycles. The maximum atomic E-state index is 14.1. The standard InChI is InChI=1S/C14H9BrFN3O/c15-8-4-3-5-9(16)11(8)13-12(14(17)19-20-13)10-6-1-2-7-18-10/h1-7H,(H2,17,19). The van der Waals surface area contributed by atoms with Crippen molar-refractivity contribution in [1.29, 1.82) is 0 Å². The van der Waals surface area contributed by atoms with Gasteiger partial charge in [-0.2, -0.15) is 0 Å². The van der Waals surface area contributed by atoms with Gasteiger partial charge in [0.05, 0.1) is 16.8 Å². The molecule has 1 aromatic carbocycles. The maximum Gasteiger partial charge on any atom is 0.182 e. The van der Waals surface area contributed by atoms with E-state index in [1.54, 1.807) is 30.5 Å². The molecule has 2 heterocycles. The summed E-state index contributed by atoms with van der Waals surface area (Å²) in [6, 6.07) is 10.0. The number of halogens is 2. The predicted octanol–water partition coefficient (Wildman–Crippen LogP) is 3.89. The first-order valence-corrected chi connectivity index (χ1v) is 6.58. The highest BCUT2D eigenvalue weighted by atomic mass is 79.9. The number of hydrogen-bond acceptors (Lipinski definition) is 4. The molecule has 0 unspecified atom stereocenters. The minimum atomic E-state index is -0.423. The van der Waals surface area contributed by atoms with Crippen molar-refractivity contribution in [2.24, 2.45) is 0 Å². The van der Waals surface area contributed by atoms with Gasteiger partial charge >= 0.3 is 0 Å². The SMILES string of the molecule is Nc1noc(-c2c(F)cccc2Br)c1-c1ccccn1. The van der Waals surface area contributed by atoms with Gasteiger partial charge < -0.3 is 10.3 Å². The van der Waals surface area contributed by atoms with Gasteiger partial charge in [-0.25, -0.2) is 4.39 Å². The zero-order chi connectivity index (χ0) is 14.1. The zero-order valence-electron chi connectivity index (χ0n) is 10.2. The Bertz CT molecular complexity index is 738. The smallest absolute Gasteiger partial charge is 0.182 e. The van der Waals surface area contributed by atoms with Crippen LogP contribution in [-0.4, -0.2) is 10.1 Å². The van der Waals surface area contributed by atoms with Gasteiger partial charge in [0.1, 0.15) is 5.82 Å². The van der Waals surface area contributed by atoms with Crippen LogP contribution in [0.1, 0.15) is 0 Å². The van der Waals surface area contributed by atoms with E-state index in [-0.39, 0.29) is 17.1 Å². The van der Waals surface area contributed by atoms with E-state index in [0.29, 0.717) is 15.7 Å². The molecule has 3 rings (SSSR count). The molecular weight excluding hydrogens is 325 g/mol. The Balaban J connectivity index is 2.27. The Labute approximate surface area is 122 Å². The highest BCUT2D eigenvalue weighted by Gasteiger charge is 2.22. The number of nitrogens with two attached hydrogens (primary N) is 1. The van der Waals surface area contributed by atoms with Crippen molar-refractivity contribution in [3.63, 3.8) is 0 Å². The Kier molecular flexibility index (Phi) is 3.23. The van der Waals surface area contributed by atoms with Gasteiger partial charge in [-0.1, -0.05) is 17.3 Å². The molecule has 6 heteroatoms. The van der Waals surface area contributed by atoms with Crippen molar-refractivity contribution in [3.8, 4) is 22.6 Å². The molecule has 0 amide bonds. The molecule has 0 bridgehead atoms. The fourth-order valence-corrected chi connectivity index (χ4v) is 2.47. The zero-order valence-corrected chi connectivity index (χ0v) is 11.8. The van der Waals surface area contributed by atoms with Gasteiger partial charge in [-0.05, 0) is 40.2 Å². The number of aromatic nitrogens is 2. The lowest BCUT2D eigenvalue weighted by molar-refractivity contribution is 0.433. The minimum absolute atomic E-state index is 0.175. The summed E-state index contributed by atoms with van der Waals surface area (Å²) in [6.07, 6.45) is 1.63. The van der Waals surface area contributed by atoms with Crippen molar-refractivity contribution in [3.05, 3.63) is 52.9 Å². The second-order valence-electron chi connectivity index (χ2n) is 4.08. The van der Waals surface area contributed by atoms with Crippen LogP contribution in [0.15, 0.2) is 51.6 Å². The summed E-state index contributed by atoms with van der Waals surface area (Å²) < 4.78 is 19.8. The normalized spacial score (nSPS) is 10.7. The van der Waals surface area contributed by atoms with Crippen molar-refractivity contribution < 1.29 is 8.91 Å². The number of nitrogen functional groups attached to an aromatic ring is 1. The predicted molar refractivity (Wildman–Crippen MR) is 77.2 cm³/mol. The summed E-state index contributed by atoms with van der Waals surface area (Å²) in [6.45, 7) is 0. The number of benzene rings is 1.